The zero-order chi connectivity index (χ0) is 16.4. The lowest BCUT2D eigenvalue weighted by Gasteiger charge is -2.15. The second kappa shape index (κ2) is 10.0. The molecule has 0 spiro atoms. The van der Waals surface area contributed by atoms with E-state index in [4.69, 9.17) is 14.2 Å². The molecule has 1 aliphatic heterocycles. The Morgan fingerprint density at radius 2 is 1.68 bits per heavy atom. The molecular formula is C14H26N2O5S. The molecule has 1 N–H and O–H groups in total. The lowest BCUT2D eigenvalue weighted by atomic mass is 10.1. The summed E-state index contributed by atoms with van der Waals surface area (Å²) >= 11 is 1.66. The van der Waals surface area contributed by atoms with E-state index in [1.54, 1.807) is 32.7 Å². The second-order valence-electron chi connectivity index (χ2n) is 5.34. The van der Waals surface area contributed by atoms with Crippen LogP contribution in [0.25, 0.3) is 0 Å². The van der Waals surface area contributed by atoms with Crippen LogP contribution in [0.5, 0.6) is 0 Å². The van der Waals surface area contributed by atoms with Gasteiger partial charge in [0.15, 0.2) is 0 Å². The summed E-state index contributed by atoms with van der Waals surface area (Å²) in [6, 6.07) is -0.306. The molecule has 0 aromatic carbocycles. The number of methoxy groups -OCH3 is 1. The Balaban J connectivity index is 1.96. The van der Waals surface area contributed by atoms with Gasteiger partial charge in [0.25, 0.3) is 5.91 Å². The Bertz CT molecular complexity index is 365. The molecule has 0 saturated carbocycles. The molecule has 0 aromatic rings. The van der Waals surface area contributed by atoms with Crippen molar-refractivity contribution in [2.45, 2.75) is 19.4 Å². The van der Waals surface area contributed by atoms with Crippen molar-refractivity contribution in [1.82, 2.24) is 10.2 Å². The Hall–Kier alpha value is -0.830. The predicted octanol–water partition coefficient (Wildman–Crippen LogP) is 0.730. The Morgan fingerprint density at radius 3 is 2.27 bits per heavy atom. The van der Waals surface area contributed by atoms with Gasteiger partial charge in [0.05, 0.1) is 33.0 Å². The molecule has 1 rings (SSSR count). The van der Waals surface area contributed by atoms with Gasteiger partial charge in [0, 0.05) is 25.2 Å². The normalized spacial score (nSPS) is 17.1. The Morgan fingerprint density at radius 1 is 1.05 bits per heavy atom. The third kappa shape index (κ3) is 6.51. The number of nitrogens with zero attached hydrogens (tertiary/aromatic N) is 1. The second-order valence-corrected chi connectivity index (χ2v) is 6.57. The zero-order valence-corrected chi connectivity index (χ0v) is 14.4. The molecule has 7 nitrogen and oxygen atoms in total. The summed E-state index contributed by atoms with van der Waals surface area (Å²) in [5, 5.41) is 2.66. The van der Waals surface area contributed by atoms with E-state index in [1.165, 1.54) is 4.90 Å². The molecule has 8 heteroatoms. The van der Waals surface area contributed by atoms with Crippen molar-refractivity contribution in [3.63, 3.8) is 0 Å². The predicted molar refractivity (Wildman–Crippen MR) is 85.2 cm³/mol. The molecule has 1 saturated heterocycles. The van der Waals surface area contributed by atoms with E-state index in [1.807, 2.05) is 0 Å². The number of thioether (sulfide) groups is 1. The Labute approximate surface area is 136 Å². The van der Waals surface area contributed by atoms with Crippen LogP contribution in [0.15, 0.2) is 0 Å². The lowest BCUT2D eigenvalue weighted by Crippen LogP contribution is -2.40. The molecule has 22 heavy (non-hydrogen) atoms. The van der Waals surface area contributed by atoms with E-state index < -0.39 is 5.54 Å². The molecule has 0 aromatic heterocycles. The van der Waals surface area contributed by atoms with Crippen LogP contribution >= 0.6 is 11.8 Å². The SMILES string of the molecule is COCCOCCOCCSCCN1C(=O)NC(C)(C)C1=O. The van der Waals surface area contributed by atoms with Gasteiger partial charge in [-0.2, -0.15) is 11.8 Å². The van der Waals surface area contributed by atoms with E-state index >= 15 is 0 Å². The van der Waals surface area contributed by atoms with Gasteiger partial charge in [-0.05, 0) is 13.8 Å². The summed E-state index contributed by atoms with van der Waals surface area (Å²) in [5.41, 5.74) is -0.784. The molecule has 0 bridgehead atoms. The first kappa shape index (κ1) is 19.2. The molecule has 1 aliphatic rings. The van der Waals surface area contributed by atoms with Crippen LogP contribution in [0, 0.1) is 0 Å². The van der Waals surface area contributed by atoms with E-state index in [-0.39, 0.29) is 11.9 Å². The maximum Gasteiger partial charge on any atom is 0.325 e. The topological polar surface area (TPSA) is 77.1 Å². The molecule has 0 aliphatic carbocycles. The highest BCUT2D eigenvalue weighted by atomic mass is 32.2. The number of carbonyl (C=O) groups excluding carboxylic acids is 2. The first-order chi connectivity index (χ1) is 10.5. The highest BCUT2D eigenvalue weighted by Gasteiger charge is 2.43. The van der Waals surface area contributed by atoms with Crippen molar-refractivity contribution in [3.8, 4) is 0 Å². The Kier molecular flexibility index (Phi) is 8.77. The van der Waals surface area contributed by atoms with E-state index in [0.29, 0.717) is 45.3 Å². The van der Waals surface area contributed by atoms with Crippen LogP contribution in [0.1, 0.15) is 13.8 Å². The van der Waals surface area contributed by atoms with Crippen LogP contribution in [0.2, 0.25) is 0 Å². The summed E-state index contributed by atoms with van der Waals surface area (Å²) in [4.78, 5) is 24.9. The van der Waals surface area contributed by atoms with Gasteiger partial charge >= 0.3 is 6.03 Å². The molecule has 3 amide bonds. The number of imide groups is 1. The minimum absolute atomic E-state index is 0.164. The van der Waals surface area contributed by atoms with Crippen LogP contribution in [0.3, 0.4) is 0 Å². The third-order valence-corrected chi connectivity index (χ3v) is 4.01. The standard InChI is InChI=1S/C14H26N2O5S/c1-14(2)12(17)16(13(18)15-14)4-10-22-11-9-21-8-7-20-6-5-19-3/h4-11H2,1-3H3,(H,15,18). The highest BCUT2D eigenvalue weighted by molar-refractivity contribution is 7.99. The molecule has 0 atom stereocenters. The molecule has 1 heterocycles. The number of carbonyl (C=O) groups is 2. The number of urea groups is 1. The fraction of sp³-hybridized carbons (Fsp3) is 0.857. The van der Waals surface area contributed by atoms with E-state index in [9.17, 15) is 9.59 Å². The number of ether oxygens (including phenoxy) is 3. The average molecular weight is 334 g/mol. The largest absolute Gasteiger partial charge is 0.382 e. The van der Waals surface area contributed by atoms with Crippen LogP contribution in [-0.2, 0) is 19.0 Å². The minimum Gasteiger partial charge on any atom is -0.382 e. The number of hydrogen-bond donors (Lipinski definition) is 1. The maximum absolute atomic E-state index is 11.9. The molecule has 0 unspecified atom stereocenters. The van der Waals surface area contributed by atoms with Crippen molar-refractivity contribution < 1.29 is 23.8 Å². The fourth-order valence-corrected chi connectivity index (χ4v) is 2.61. The summed E-state index contributed by atoms with van der Waals surface area (Å²) in [6.07, 6.45) is 0. The average Bonchev–Trinajstić information content (AvgIpc) is 2.66. The van der Waals surface area contributed by atoms with E-state index in [0.717, 1.165) is 5.75 Å². The molecule has 0 radical (unpaired) electrons. The van der Waals surface area contributed by atoms with Crippen molar-refractivity contribution in [1.29, 1.82) is 0 Å². The molecular weight excluding hydrogens is 308 g/mol. The van der Waals surface area contributed by atoms with Gasteiger partial charge in [0.1, 0.15) is 5.54 Å². The fourth-order valence-electron chi connectivity index (χ4n) is 1.86. The van der Waals surface area contributed by atoms with Gasteiger partial charge in [-0.1, -0.05) is 0 Å². The van der Waals surface area contributed by atoms with E-state index in [2.05, 4.69) is 5.32 Å². The quantitative estimate of drug-likeness (QED) is 0.419. The molecule has 1 fully saturated rings. The smallest absolute Gasteiger partial charge is 0.325 e. The summed E-state index contributed by atoms with van der Waals surface area (Å²) in [7, 11) is 1.64. The minimum atomic E-state index is -0.784. The molecule has 128 valence electrons. The van der Waals surface area contributed by atoms with Crippen molar-refractivity contribution in [2.24, 2.45) is 0 Å². The van der Waals surface area contributed by atoms with Crippen molar-refractivity contribution in [3.05, 3.63) is 0 Å². The third-order valence-electron chi connectivity index (χ3n) is 3.08. The van der Waals surface area contributed by atoms with Gasteiger partial charge in [-0.25, -0.2) is 4.79 Å². The summed E-state index contributed by atoms with van der Waals surface area (Å²) in [6.45, 7) is 6.78. The van der Waals surface area contributed by atoms with Crippen molar-refractivity contribution in [2.75, 3.05) is 58.2 Å². The van der Waals surface area contributed by atoms with Gasteiger partial charge in [-0.15, -0.1) is 0 Å². The first-order valence-electron chi connectivity index (χ1n) is 7.35. The summed E-state index contributed by atoms with van der Waals surface area (Å²) < 4.78 is 15.5. The summed E-state index contributed by atoms with van der Waals surface area (Å²) in [5.74, 6) is 1.37. The van der Waals surface area contributed by atoms with Crippen LogP contribution < -0.4 is 5.32 Å². The van der Waals surface area contributed by atoms with Gasteiger partial charge < -0.3 is 19.5 Å². The highest BCUT2D eigenvalue weighted by Crippen LogP contribution is 2.16. The number of amides is 3. The van der Waals surface area contributed by atoms with Gasteiger partial charge in [0.2, 0.25) is 0 Å². The maximum atomic E-state index is 11.9. The van der Waals surface area contributed by atoms with Crippen LogP contribution in [-0.4, -0.2) is 80.6 Å². The monoisotopic (exact) mass is 334 g/mol. The number of nitrogens with one attached hydrogen (secondary N) is 1. The lowest BCUT2D eigenvalue weighted by molar-refractivity contribution is -0.130. The zero-order valence-electron chi connectivity index (χ0n) is 13.6. The number of hydrogen-bond acceptors (Lipinski definition) is 6. The van der Waals surface area contributed by atoms with Gasteiger partial charge in [-0.3, -0.25) is 9.69 Å². The van der Waals surface area contributed by atoms with Crippen LogP contribution in [0.4, 0.5) is 4.79 Å². The van der Waals surface area contributed by atoms with Crippen molar-refractivity contribution >= 4 is 23.7 Å². The number of rotatable bonds is 12. The first-order valence-corrected chi connectivity index (χ1v) is 8.51.